The molecule has 1 aromatic rings. The third-order valence-electron chi connectivity index (χ3n) is 3.01. The lowest BCUT2D eigenvalue weighted by Crippen LogP contribution is -2.32. The Hall–Kier alpha value is -1.99. The van der Waals surface area contributed by atoms with Crippen molar-refractivity contribution in [2.24, 2.45) is 0 Å². The molecule has 0 saturated heterocycles. The lowest BCUT2D eigenvalue weighted by atomic mass is 10.2. The fourth-order valence-electron chi connectivity index (χ4n) is 1.79. The van der Waals surface area contributed by atoms with E-state index in [1.807, 2.05) is 6.92 Å². The molecule has 0 aliphatic carbocycles. The summed E-state index contributed by atoms with van der Waals surface area (Å²) in [6.07, 6.45) is 3.96. The molecule has 7 heteroatoms. The molecule has 1 rings (SSSR count). The summed E-state index contributed by atoms with van der Waals surface area (Å²) in [5.74, 6) is -0.403. The van der Waals surface area contributed by atoms with Gasteiger partial charge in [-0.3, -0.25) is 4.79 Å². The number of hydrogen-bond acceptors (Lipinski definition) is 5. The van der Waals surface area contributed by atoms with Crippen LogP contribution in [-0.4, -0.2) is 44.7 Å². The third-order valence-corrected chi connectivity index (χ3v) is 4.89. The van der Waals surface area contributed by atoms with Gasteiger partial charge in [0.25, 0.3) is 0 Å². The number of aldehydes is 1. The zero-order valence-corrected chi connectivity index (χ0v) is 14.1. The lowest BCUT2D eigenvalue weighted by molar-refractivity contribution is -0.139. The monoisotopic (exact) mass is 339 g/mol. The Kier molecular flexibility index (Phi) is 7.64. The van der Waals surface area contributed by atoms with Crippen molar-refractivity contribution >= 4 is 22.3 Å². The highest BCUT2D eigenvalue weighted by Gasteiger charge is 2.22. The van der Waals surface area contributed by atoms with Crippen molar-refractivity contribution in [3.63, 3.8) is 0 Å². The van der Waals surface area contributed by atoms with Crippen LogP contribution in [0.15, 0.2) is 41.3 Å². The number of hydrogen-bond donors (Lipinski definition) is 0. The Labute approximate surface area is 136 Å². The number of sulfonamides is 1. The number of ether oxygens (including phenoxy) is 1. The summed E-state index contributed by atoms with van der Waals surface area (Å²) >= 11 is 0. The van der Waals surface area contributed by atoms with Crippen LogP contribution in [0, 0.1) is 6.92 Å². The summed E-state index contributed by atoms with van der Waals surface area (Å²) in [4.78, 5) is 21.4. The topological polar surface area (TPSA) is 80.8 Å². The number of carbonyl (C=O) groups excluding carboxylic acids is 2. The highest BCUT2D eigenvalue weighted by atomic mass is 32.2. The van der Waals surface area contributed by atoms with Crippen LogP contribution >= 0.6 is 0 Å². The quantitative estimate of drug-likeness (QED) is 0.388. The largest absolute Gasteiger partial charge is 0.462 e. The molecule has 6 nitrogen and oxygen atoms in total. The number of nitrogens with zero attached hydrogens (tertiary/aromatic N) is 1. The third kappa shape index (κ3) is 6.33. The molecule has 0 unspecified atom stereocenters. The summed E-state index contributed by atoms with van der Waals surface area (Å²) in [5, 5.41) is 0. The maximum atomic E-state index is 12.6. The van der Waals surface area contributed by atoms with Crippen LogP contribution in [0.5, 0.6) is 0 Å². The summed E-state index contributed by atoms with van der Waals surface area (Å²) < 4.78 is 31.2. The van der Waals surface area contributed by atoms with Crippen molar-refractivity contribution in [1.29, 1.82) is 0 Å². The first-order valence-electron chi connectivity index (χ1n) is 7.16. The summed E-state index contributed by atoms with van der Waals surface area (Å²) in [5.41, 5.74) is 0.963. The first kappa shape index (κ1) is 19.1. The molecule has 0 heterocycles. The maximum absolute atomic E-state index is 12.6. The lowest BCUT2D eigenvalue weighted by Gasteiger charge is -2.20. The number of esters is 1. The van der Waals surface area contributed by atoms with Gasteiger partial charge in [-0.25, -0.2) is 8.42 Å². The fraction of sp³-hybridized carbons (Fsp3) is 0.375. The van der Waals surface area contributed by atoms with Gasteiger partial charge < -0.3 is 9.53 Å². The smallest absolute Gasteiger partial charge is 0.302 e. The van der Waals surface area contributed by atoms with Gasteiger partial charge in [0.05, 0.1) is 4.90 Å². The second kappa shape index (κ2) is 9.22. The Balaban J connectivity index is 2.84. The Morgan fingerprint density at radius 1 is 1.22 bits per heavy atom. The summed E-state index contributed by atoms with van der Waals surface area (Å²) in [6.45, 7) is 3.45. The Bertz CT molecular complexity index is 650. The molecule has 0 spiro atoms. The van der Waals surface area contributed by atoms with Crippen LogP contribution in [0.3, 0.4) is 0 Å². The summed E-state index contributed by atoms with van der Waals surface area (Å²) in [7, 11) is -3.68. The van der Waals surface area contributed by atoms with Gasteiger partial charge in [0.15, 0.2) is 0 Å². The predicted molar refractivity (Wildman–Crippen MR) is 86.4 cm³/mol. The number of benzene rings is 1. The zero-order valence-electron chi connectivity index (χ0n) is 13.3. The van der Waals surface area contributed by atoms with E-state index in [-0.39, 0.29) is 31.0 Å². The molecule has 23 heavy (non-hydrogen) atoms. The standard InChI is InChI=1S/C16H21NO5S/c1-14-6-8-16(9-7-14)23(20,21)17(11-5-12-18)10-3-4-13-22-15(2)19/h3-4,6-9,12H,5,10-11,13H2,1-2H3/b4-3+. The van der Waals surface area contributed by atoms with Gasteiger partial charge in [0.2, 0.25) is 10.0 Å². The molecule has 0 atom stereocenters. The van der Waals surface area contributed by atoms with E-state index in [0.29, 0.717) is 6.29 Å². The second-order valence-electron chi connectivity index (χ2n) is 4.91. The molecule has 1 aromatic carbocycles. The van der Waals surface area contributed by atoms with Gasteiger partial charge >= 0.3 is 5.97 Å². The number of rotatable bonds is 9. The minimum Gasteiger partial charge on any atom is -0.462 e. The van der Waals surface area contributed by atoms with Crippen molar-refractivity contribution in [3.8, 4) is 0 Å². The van der Waals surface area contributed by atoms with Crippen molar-refractivity contribution in [3.05, 3.63) is 42.0 Å². The minimum absolute atomic E-state index is 0.0848. The first-order valence-corrected chi connectivity index (χ1v) is 8.60. The molecule has 0 N–H and O–H groups in total. The van der Waals surface area contributed by atoms with Crippen LogP contribution in [0.25, 0.3) is 0 Å². The fourth-order valence-corrected chi connectivity index (χ4v) is 3.20. The van der Waals surface area contributed by atoms with Crippen LogP contribution < -0.4 is 0 Å². The molecule has 0 aromatic heterocycles. The van der Waals surface area contributed by atoms with E-state index in [0.717, 1.165) is 5.56 Å². The van der Waals surface area contributed by atoms with Crippen LogP contribution in [-0.2, 0) is 24.3 Å². The molecule has 0 fully saturated rings. The average Bonchev–Trinajstić information content (AvgIpc) is 2.50. The molecular formula is C16H21NO5S. The van der Waals surface area contributed by atoms with Crippen LogP contribution in [0.4, 0.5) is 0 Å². The van der Waals surface area contributed by atoms with Gasteiger partial charge in [-0.2, -0.15) is 4.31 Å². The predicted octanol–water partition coefficient (Wildman–Crippen LogP) is 1.69. The SMILES string of the molecule is CC(=O)OC/C=C/CN(CCC=O)S(=O)(=O)c1ccc(C)cc1. The highest BCUT2D eigenvalue weighted by Crippen LogP contribution is 2.16. The molecule has 0 bridgehead atoms. The molecule has 0 radical (unpaired) electrons. The normalized spacial score (nSPS) is 11.8. The number of aryl methyl sites for hydroxylation is 1. The van der Waals surface area contributed by atoms with Crippen molar-refractivity contribution < 1.29 is 22.7 Å². The summed E-state index contributed by atoms with van der Waals surface area (Å²) in [6, 6.07) is 6.53. The van der Waals surface area contributed by atoms with Gasteiger partial charge in [-0.15, -0.1) is 0 Å². The van der Waals surface area contributed by atoms with E-state index < -0.39 is 16.0 Å². The van der Waals surface area contributed by atoms with E-state index in [1.165, 1.54) is 11.2 Å². The molecule has 126 valence electrons. The van der Waals surface area contributed by atoms with Crippen molar-refractivity contribution in [2.45, 2.75) is 25.2 Å². The van der Waals surface area contributed by atoms with Crippen molar-refractivity contribution in [1.82, 2.24) is 4.31 Å². The van der Waals surface area contributed by atoms with Crippen LogP contribution in [0.2, 0.25) is 0 Å². The molecule has 0 saturated carbocycles. The van der Waals surface area contributed by atoms with E-state index in [9.17, 15) is 18.0 Å². The van der Waals surface area contributed by atoms with E-state index in [4.69, 9.17) is 4.74 Å². The first-order chi connectivity index (χ1) is 10.9. The average molecular weight is 339 g/mol. The molecule has 0 amide bonds. The molecule has 0 aliphatic rings. The van der Waals surface area contributed by atoms with Gasteiger partial charge in [-0.1, -0.05) is 23.8 Å². The molecule has 0 aliphatic heterocycles. The van der Waals surface area contributed by atoms with E-state index in [1.54, 1.807) is 36.4 Å². The second-order valence-corrected chi connectivity index (χ2v) is 6.84. The Morgan fingerprint density at radius 3 is 2.43 bits per heavy atom. The Morgan fingerprint density at radius 2 is 1.87 bits per heavy atom. The van der Waals surface area contributed by atoms with Crippen molar-refractivity contribution in [2.75, 3.05) is 19.7 Å². The zero-order chi connectivity index (χ0) is 17.3. The van der Waals surface area contributed by atoms with Gasteiger partial charge in [0.1, 0.15) is 12.9 Å². The minimum atomic E-state index is -3.68. The number of carbonyl (C=O) groups is 2. The van der Waals surface area contributed by atoms with E-state index >= 15 is 0 Å². The maximum Gasteiger partial charge on any atom is 0.302 e. The van der Waals surface area contributed by atoms with E-state index in [2.05, 4.69) is 0 Å². The highest BCUT2D eigenvalue weighted by molar-refractivity contribution is 7.89. The van der Waals surface area contributed by atoms with Gasteiger partial charge in [-0.05, 0) is 25.1 Å². The van der Waals surface area contributed by atoms with Gasteiger partial charge in [0, 0.05) is 26.4 Å². The van der Waals surface area contributed by atoms with Crippen LogP contribution in [0.1, 0.15) is 18.9 Å². The molecular weight excluding hydrogens is 318 g/mol.